The van der Waals surface area contributed by atoms with Crippen LogP contribution in [0, 0.1) is 11.8 Å². The molecule has 1 rings (SSSR count). The zero-order valence-corrected chi connectivity index (χ0v) is 9.12. The van der Waals surface area contributed by atoms with Crippen molar-refractivity contribution in [1.82, 2.24) is 5.06 Å². The van der Waals surface area contributed by atoms with Crippen LogP contribution in [-0.2, 0) is 19.2 Å². The standard InChI is InChI=1S/C11H13NO4/c1-2-3-4-5-6-11(15)16-12-9(13)7-8-10(12)14/h2-4,7-8H2,1H3. The molecule has 0 unspecified atom stereocenters. The van der Waals surface area contributed by atoms with Gasteiger partial charge in [-0.05, 0) is 6.42 Å². The first kappa shape index (κ1) is 12.2. The molecule has 2 amide bonds. The van der Waals surface area contributed by atoms with E-state index in [0.29, 0.717) is 11.5 Å². The summed E-state index contributed by atoms with van der Waals surface area (Å²) in [6.45, 7) is 2.02. The summed E-state index contributed by atoms with van der Waals surface area (Å²) in [6.07, 6.45) is 2.69. The van der Waals surface area contributed by atoms with Crippen molar-refractivity contribution in [2.24, 2.45) is 0 Å². The van der Waals surface area contributed by atoms with Crippen molar-refractivity contribution in [3.8, 4) is 11.8 Å². The lowest BCUT2D eigenvalue weighted by atomic mass is 10.2. The Labute approximate surface area is 93.7 Å². The first-order chi connectivity index (χ1) is 7.65. The summed E-state index contributed by atoms with van der Waals surface area (Å²) in [7, 11) is 0. The number of hydrogen-bond acceptors (Lipinski definition) is 4. The van der Waals surface area contributed by atoms with Crippen molar-refractivity contribution < 1.29 is 19.2 Å². The highest BCUT2D eigenvalue weighted by atomic mass is 16.7. The van der Waals surface area contributed by atoms with Crippen molar-refractivity contribution in [3.05, 3.63) is 0 Å². The molecule has 1 aliphatic rings. The minimum atomic E-state index is -0.861. The number of carbonyl (C=O) groups excluding carboxylic acids is 3. The first-order valence-corrected chi connectivity index (χ1v) is 5.21. The molecule has 1 fully saturated rings. The van der Waals surface area contributed by atoms with Gasteiger partial charge in [-0.2, -0.15) is 0 Å². The van der Waals surface area contributed by atoms with Gasteiger partial charge in [0.15, 0.2) is 0 Å². The van der Waals surface area contributed by atoms with Gasteiger partial charge in [0.05, 0.1) is 0 Å². The molecule has 0 aromatic carbocycles. The maximum atomic E-state index is 11.1. The third kappa shape index (κ3) is 3.39. The van der Waals surface area contributed by atoms with E-state index in [2.05, 4.69) is 16.7 Å². The van der Waals surface area contributed by atoms with Crippen molar-refractivity contribution in [3.63, 3.8) is 0 Å². The van der Waals surface area contributed by atoms with E-state index in [1.807, 2.05) is 6.92 Å². The fourth-order valence-electron chi connectivity index (χ4n) is 1.16. The van der Waals surface area contributed by atoms with Crippen LogP contribution in [0.2, 0.25) is 0 Å². The lowest BCUT2D eigenvalue weighted by Gasteiger charge is -2.09. The molecule has 0 radical (unpaired) electrons. The van der Waals surface area contributed by atoms with E-state index in [-0.39, 0.29) is 12.8 Å². The van der Waals surface area contributed by atoms with Crippen LogP contribution >= 0.6 is 0 Å². The Morgan fingerprint density at radius 3 is 2.56 bits per heavy atom. The van der Waals surface area contributed by atoms with Gasteiger partial charge in [-0.1, -0.05) is 19.3 Å². The van der Waals surface area contributed by atoms with Crippen LogP contribution in [0.15, 0.2) is 0 Å². The molecule has 0 atom stereocenters. The summed E-state index contributed by atoms with van der Waals surface area (Å²) in [4.78, 5) is 37.8. The van der Waals surface area contributed by atoms with Gasteiger partial charge in [-0.15, -0.1) is 5.06 Å². The highest BCUT2D eigenvalue weighted by Crippen LogP contribution is 2.11. The largest absolute Gasteiger partial charge is 0.409 e. The Bertz CT molecular complexity index is 348. The van der Waals surface area contributed by atoms with Gasteiger partial charge in [-0.25, -0.2) is 4.79 Å². The molecule has 5 nitrogen and oxygen atoms in total. The molecular formula is C11H13NO4. The van der Waals surface area contributed by atoms with Crippen LogP contribution in [0.5, 0.6) is 0 Å². The van der Waals surface area contributed by atoms with E-state index in [4.69, 9.17) is 0 Å². The fourth-order valence-corrected chi connectivity index (χ4v) is 1.16. The van der Waals surface area contributed by atoms with Crippen LogP contribution < -0.4 is 0 Å². The predicted octanol–water partition coefficient (Wildman–Crippen LogP) is 0.787. The second-order valence-electron chi connectivity index (χ2n) is 3.37. The maximum Gasteiger partial charge on any atom is 0.409 e. The van der Waals surface area contributed by atoms with Crippen LogP contribution in [0.4, 0.5) is 0 Å². The topological polar surface area (TPSA) is 63.7 Å². The van der Waals surface area contributed by atoms with Gasteiger partial charge >= 0.3 is 5.97 Å². The second-order valence-corrected chi connectivity index (χ2v) is 3.37. The molecule has 16 heavy (non-hydrogen) atoms. The van der Waals surface area contributed by atoms with Crippen molar-refractivity contribution in [1.29, 1.82) is 0 Å². The molecule has 0 saturated carbocycles. The number of rotatable bonds is 3. The Morgan fingerprint density at radius 2 is 2.00 bits per heavy atom. The number of unbranched alkanes of at least 4 members (excludes halogenated alkanes) is 2. The Hall–Kier alpha value is -1.83. The summed E-state index contributed by atoms with van der Waals surface area (Å²) in [6, 6.07) is 0. The maximum absolute atomic E-state index is 11.1. The molecular weight excluding hydrogens is 210 g/mol. The molecule has 0 spiro atoms. The Balaban J connectivity index is 2.41. The minimum absolute atomic E-state index is 0.0926. The van der Waals surface area contributed by atoms with Gasteiger partial charge in [0, 0.05) is 25.2 Å². The van der Waals surface area contributed by atoms with E-state index in [1.54, 1.807) is 0 Å². The van der Waals surface area contributed by atoms with E-state index in [0.717, 1.165) is 12.8 Å². The van der Waals surface area contributed by atoms with E-state index in [9.17, 15) is 14.4 Å². The predicted molar refractivity (Wildman–Crippen MR) is 54.5 cm³/mol. The van der Waals surface area contributed by atoms with Crippen molar-refractivity contribution >= 4 is 17.8 Å². The SMILES string of the molecule is CCCCC#CC(=O)ON1C(=O)CCC1=O. The zero-order chi connectivity index (χ0) is 12.0. The van der Waals surface area contributed by atoms with Gasteiger partial charge < -0.3 is 4.84 Å². The molecule has 1 aliphatic heterocycles. The summed E-state index contributed by atoms with van der Waals surface area (Å²) < 4.78 is 0. The normalized spacial score (nSPS) is 14.7. The molecule has 5 heteroatoms. The average molecular weight is 223 g/mol. The van der Waals surface area contributed by atoms with Gasteiger partial charge in [-0.3, -0.25) is 9.59 Å². The highest BCUT2D eigenvalue weighted by Gasteiger charge is 2.32. The highest BCUT2D eigenvalue weighted by molar-refractivity contribution is 6.02. The molecule has 0 aromatic heterocycles. The third-order valence-corrected chi connectivity index (χ3v) is 2.03. The third-order valence-electron chi connectivity index (χ3n) is 2.03. The van der Waals surface area contributed by atoms with E-state index >= 15 is 0 Å². The van der Waals surface area contributed by atoms with Crippen molar-refractivity contribution in [2.75, 3.05) is 0 Å². The van der Waals surface area contributed by atoms with Crippen LogP contribution in [-0.4, -0.2) is 22.8 Å². The molecule has 1 saturated heterocycles. The van der Waals surface area contributed by atoms with E-state index in [1.165, 1.54) is 0 Å². The lowest BCUT2D eigenvalue weighted by molar-refractivity contribution is -0.193. The average Bonchev–Trinajstić information content (AvgIpc) is 2.56. The molecule has 0 aromatic rings. The lowest BCUT2D eigenvalue weighted by Crippen LogP contribution is -2.31. The number of nitrogens with zero attached hydrogens (tertiary/aromatic N) is 1. The molecule has 0 aliphatic carbocycles. The van der Waals surface area contributed by atoms with Crippen LogP contribution in [0.25, 0.3) is 0 Å². The van der Waals surface area contributed by atoms with Crippen molar-refractivity contribution in [2.45, 2.75) is 39.0 Å². The quantitative estimate of drug-likeness (QED) is 0.403. The first-order valence-electron chi connectivity index (χ1n) is 5.21. The number of amides is 2. The summed E-state index contributed by atoms with van der Waals surface area (Å²) in [5.41, 5.74) is 0. The number of carbonyl (C=O) groups is 3. The van der Waals surface area contributed by atoms with Crippen LogP contribution in [0.3, 0.4) is 0 Å². The van der Waals surface area contributed by atoms with Crippen LogP contribution in [0.1, 0.15) is 39.0 Å². The zero-order valence-electron chi connectivity index (χ0n) is 9.12. The van der Waals surface area contributed by atoms with E-state index < -0.39 is 17.8 Å². The summed E-state index contributed by atoms with van der Waals surface area (Å²) in [5.74, 6) is 3.00. The number of hydrogen-bond donors (Lipinski definition) is 0. The Morgan fingerprint density at radius 1 is 1.38 bits per heavy atom. The molecule has 0 N–H and O–H groups in total. The smallest absolute Gasteiger partial charge is 0.318 e. The Kier molecular flexibility index (Phi) is 4.52. The summed E-state index contributed by atoms with van der Waals surface area (Å²) in [5, 5.41) is 0.497. The molecule has 86 valence electrons. The molecule has 0 bridgehead atoms. The fraction of sp³-hybridized carbons (Fsp3) is 0.545. The van der Waals surface area contributed by atoms with Gasteiger partial charge in [0.25, 0.3) is 11.8 Å². The van der Waals surface area contributed by atoms with Gasteiger partial charge in [0.2, 0.25) is 0 Å². The number of imide groups is 1. The minimum Gasteiger partial charge on any atom is -0.318 e. The second kappa shape index (κ2) is 5.91. The monoisotopic (exact) mass is 223 g/mol. The number of hydroxylamine groups is 2. The molecule has 1 heterocycles. The summed E-state index contributed by atoms with van der Waals surface area (Å²) >= 11 is 0. The van der Waals surface area contributed by atoms with Gasteiger partial charge in [0.1, 0.15) is 0 Å².